The first-order valence-corrected chi connectivity index (χ1v) is 5.04. The molecule has 0 aromatic heterocycles. The topological polar surface area (TPSA) is 27.0 Å². The Hall–Kier alpha value is -1.04. The van der Waals surface area contributed by atoms with E-state index < -0.39 is 0 Å². The molecule has 1 aromatic rings. The van der Waals surface area contributed by atoms with Gasteiger partial charge in [0.15, 0.2) is 0 Å². The van der Waals surface area contributed by atoms with E-state index in [4.69, 9.17) is 16.9 Å². The zero-order valence-electron chi connectivity index (χ0n) is 7.83. The van der Waals surface area contributed by atoms with Crippen LogP contribution in [0, 0.1) is 11.3 Å². The molecule has 0 amide bonds. The van der Waals surface area contributed by atoms with Crippen LogP contribution in [0.1, 0.15) is 17.5 Å². The molecule has 0 radical (unpaired) electrons. The molecule has 0 spiro atoms. The van der Waals surface area contributed by atoms with Gasteiger partial charge in [-0.15, -0.1) is 0 Å². The highest BCUT2D eigenvalue weighted by atomic mass is 35.5. The van der Waals surface area contributed by atoms with Gasteiger partial charge < -0.3 is 0 Å². The van der Waals surface area contributed by atoms with Crippen LogP contribution in [0.3, 0.4) is 0 Å². The van der Waals surface area contributed by atoms with Gasteiger partial charge >= 0.3 is 0 Å². The second-order valence-electron chi connectivity index (χ2n) is 3.53. The molecule has 0 saturated heterocycles. The van der Waals surface area contributed by atoms with Crippen molar-refractivity contribution in [2.75, 3.05) is 6.54 Å². The van der Waals surface area contributed by atoms with Gasteiger partial charge in [0.25, 0.3) is 0 Å². The fraction of sp³-hybridized carbons (Fsp3) is 0.364. The second kappa shape index (κ2) is 4.00. The number of benzene rings is 1. The molecular formula is C11H11ClN2. The normalized spacial score (nSPS) is 15.1. The monoisotopic (exact) mass is 206 g/mol. The van der Waals surface area contributed by atoms with E-state index in [-0.39, 0.29) is 0 Å². The van der Waals surface area contributed by atoms with Crippen molar-refractivity contribution in [1.82, 2.24) is 4.90 Å². The van der Waals surface area contributed by atoms with Crippen LogP contribution in [0.15, 0.2) is 18.2 Å². The summed E-state index contributed by atoms with van der Waals surface area (Å²) < 4.78 is 0. The minimum atomic E-state index is 0.599. The van der Waals surface area contributed by atoms with E-state index in [2.05, 4.69) is 17.0 Å². The molecule has 0 aliphatic carbocycles. The van der Waals surface area contributed by atoms with E-state index in [1.54, 1.807) is 0 Å². The Kier molecular flexibility index (Phi) is 2.72. The summed E-state index contributed by atoms with van der Waals surface area (Å²) in [6, 6.07) is 8.18. The number of hydrogen-bond donors (Lipinski definition) is 0. The molecule has 2 nitrogen and oxygen atoms in total. The number of nitriles is 1. The van der Waals surface area contributed by atoms with Crippen LogP contribution in [0.4, 0.5) is 0 Å². The maximum atomic E-state index is 8.49. The maximum Gasteiger partial charge on any atom is 0.0635 e. The summed E-state index contributed by atoms with van der Waals surface area (Å²) in [6.45, 7) is 2.73. The molecule has 0 bridgehead atoms. The van der Waals surface area contributed by atoms with Crippen LogP contribution in [-0.2, 0) is 13.1 Å². The third kappa shape index (κ3) is 1.89. The first kappa shape index (κ1) is 9.51. The molecule has 14 heavy (non-hydrogen) atoms. The van der Waals surface area contributed by atoms with Crippen molar-refractivity contribution < 1.29 is 0 Å². The highest BCUT2D eigenvalue weighted by Gasteiger charge is 2.17. The summed E-state index contributed by atoms with van der Waals surface area (Å²) in [5.41, 5.74) is 2.64. The number of fused-ring (bicyclic) bond motifs is 1. The Morgan fingerprint density at radius 1 is 1.36 bits per heavy atom. The Morgan fingerprint density at radius 3 is 2.93 bits per heavy atom. The third-order valence-corrected chi connectivity index (χ3v) is 2.73. The highest BCUT2D eigenvalue weighted by molar-refractivity contribution is 6.30. The molecule has 72 valence electrons. The van der Waals surface area contributed by atoms with Gasteiger partial charge in [0.05, 0.1) is 6.07 Å². The Bertz CT molecular complexity index is 381. The molecule has 0 atom stereocenters. The molecule has 1 aromatic carbocycles. The highest BCUT2D eigenvalue weighted by Crippen LogP contribution is 2.25. The predicted molar refractivity (Wildman–Crippen MR) is 55.8 cm³/mol. The van der Waals surface area contributed by atoms with E-state index >= 15 is 0 Å². The molecule has 1 aliphatic rings. The summed E-state index contributed by atoms with van der Waals surface area (Å²) in [5, 5.41) is 9.29. The van der Waals surface area contributed by atoms with E-state index in [0.717, 1.165) is 24.7 Å². The zero-order chi connectivity index (χ0) is 9.97. The van der Waals surface area contributed by atoms with Crippen LogP contribution in [0.5, 0.6) is 0 Å². The van der Waals surface area contributed by atoms with Crippen LogP contribution in [0.25, 0.3) is 0 Å². The maximum absolute atomic E-state index is 8.49. The van der Waals surface area contributed by atoms with Gasteiger partial charge in [-0.2, -0.15) is 5.26 Å². The predicted octanol–water partition coefficient (Wildman–Crippen LogP) is 2.57. The number of rotatable bonds is 2. The van der Waals surface area contributed by atoms with Crippen molar-refractivity contribution in [1.29, 1.82) is 5.26 Å². The molecule has 2 rings (SSSR count). The van der Waals surface area contributed by atoms with Crippen LogP contribution < -0.4 is 0 Å². The van der Waals surface area contributed by atoms with Crippen molar-refractivity contribution in [2.24, 2.45) is 0 Å². The minimum absolute atomic E-state index is 0.599. The Balaban J connectivity index is 2.07. The molecule has 1 aliphatic heterocycles. The van der Waals surface area contributed by atoms with Gasteiger partial charge in [-0.05, 0) is 23.3 Å². The quantitative estimate of drug-likeness (QED) is 0.744. The molecule has 0 N–H and O–H groups in total. The van der Waals surface area contributed by atoms with Crippen molar-refractivity contribution in [3.05, 3.63) is 34.3 Å². The SMILES string of the molecule is N#CCCN1Cc2ccc(Cl)cc2C1. The average molecular weight is 207 g/mol. The number of hydrogen-bond acceptors (Lipinski definition) is 2. The molecule has 0 fully saturated rings. The second-order valence-corrected chi connectivity index (χ2v) is 3.97. The van der Waals surface area contributed by atoms with Crippen LogP contribution in [-0.4, -0.2) is 11.4 Å². The summed E-state index contributed by atoms with van der Waals surface area (Å²) in [6.07, 6.45) is 0.599. The fourth-order valence-corrected chi connectivity index (χ4v) is 1.99. The van der Waals surface area contributed by atoms with Crippen molar-refractivity contribution in [3.8, 4) is 6.07 Å². The van der Waals surface area contributed by atoms with Gasteiger partial charge in [0.1, 0.15) is 0 Å². The van der Waals surface area contributed by atoms with Gasteiger partial charge in [-0.1, -0.05) is 17.7 Å². The molecule has 0 saturated carbocycles. The Labute approximate surface area is 88.7 Å². The lowest BCUT2D eigenvalue weighted by Gasteiger charge is -2.11. The van der Waals surface area contributed by atoms with Crippen molar-refractivity contribution >= 4 is 11.6 Å². The lowest BCUT2D eigenvalue weighted by molar-refractivity contribution is 0.291. The summed E-state index contributed by atoms with van der Waals surface area (Å²) in [5.74, 6) is 0. The first-order chi connectivity index (χ1) is 6.79. The standard InChI is InChI=1S/C11H11ClN2/c12-11-3-2-9-7-14(5-1-4-13)8-10(9)6-11/h2-3,6H,1,5,7-8H2. The van der Waals surface area contributed by atoms with Gasteiger partial charge in [0, 0.05) is 31.1 Å². The van der Waals surface area contributed by atoms with Gasteiger partial charge in [0.2, 0.25) is 0 Å². The molecule has 1 heterocycles. The first-order valence-electron chi connectivity index (χ1n) is 4.66. The van der Waals surface area contributed by atoms with Crippen LogP contribution >= 0.6 is 11.6 Å². The largest absolute Gasteiger partial charge is 0.294 e. The molecular weight excluding hydrogens is 196 g/mol. The smallest absolute Gasteiger partial charge is 0.0635 e. The minimum Gasteiger partial charge on any atom is -0.294 e. The summed E-state index contributed by atoms with van der Waals surface area (Å²) in [7, 11) is 0. The fourth-order valence-electron chi connectivity index (χ4n) is 1.80. The summed E-state index contributed by atoms with van der Waals surface area (Å²) >= 11 is 5.90. The van der Waals surface area contributed by atoms with Gasteiger partial charge in [-0.25, -0.2) is 0 Å². The third-order valence-electron chi connectivity index (χ3n) is 2.50. The summed E-state index contributed by atoms with van der Waals surface area (Å²) in [4.78, 5) is 2.27. The van der Waals surface area contributed by atoms with Gasteiger partial charge in [-0.3, -0.25) is 4.90 Å². The van der Waals surface area contributed by atoms with E-state index in [9.17, 15) is 0 Å². The van der Waals surface area contributed by atoms with E-state index in [0.29, 0.717) is 6.42 Å². The zero-order valence-corrected chi connectivity index (χ0v) is 8.59. The average Bonchev–Trinajstić information content (AvgIpc) is 2.56. The Morgan fingerprint density at radius 2 is 2.14 bits per heavy atom. The lowest BCUT2D eigenvalue weighted by Crippen LogP contribution is -2.16. The van der Waals surface area contributed by atoms with E-state index in [1.165, 1.54) is 11.1 Å². The van der Waals surface area contributed by atoms with E-state index in [1.807, 2.05) is 12.1 Å². The number of nitrogens with zero attached hydrogens (tertiary/aromatic N) is 2. The lowest BCUT2D eigenvalue weighted by atomic mass is 10.1. The van der Waals surface area contributed by atoms with Crippen molar-refractivity contribution in [2.45, 2.75) is 19.5 Å². The molecule has 0 unspecified atom stereocenters. The van der Waals surface area contributed by atoms with Crippen LogP contribution in [0.2, 0.25) is 5.02 Å². The van der Waals surface area contributed by atoms with Crippen molar-refractivity contribution in [3.63, 3.8) is 0 Å². The number of halogens is 1. The molecule has 3 heteroatoms.